The molecule has 1 aliphatic rings. The number of aliphatic hydroxyl groups excluding tert-OH is 2. The summed E-state index contributed by atoms with van der Waals surface area (Å²) < 4.78 is 0. The first-order valence-electron chi connectivity index (χ1n) is 10.8. The molecule has 0 unspecified atom stereocenters. The van der Waals surface area contributed by atoms with Gasteiger partial charge in [0.2, 0.25) is 0 Å². The van der Waals surface area contributed by atoms with E-state index in [1.807, 2.05) is 12.2 Å². The summed E-state index contributed by atoms with van der Waals surface area (Å²) in [7, 11) is 0. The van der Waals surface area contributed by atoms with Gasteiger partial charge in [0.1, 0.15) is 0 Å². The van der Waals surface area contributed by atoms with Crippen molar-refractivity contribution in [3.8, 4) is 0 Å². The van der Waals surface area contributed by atoms with Crippen LogP contribution < -0.4 is 0 Å². The van der Waals surface area contributed by atoms with Crippen molar-refractivity contribution in [3.05, 3.63) is 23.3 Å². The number of carbonyl (C=O) groups is 1. The third-order valence-corrected chi connectivity index (χ3v) is 5.70. The Morgan fingerprint density at radius 3 is 2.59 bits per heavy atom. The maximum absolute atomic E-state index is 10.5. The standard InChI is InChI=1S/C23H40O4/c1-4-5-10-17(2)15-19(24)13-14-21-20(18(3)16-22(21)25)11-8-6-7-9-12-23(26)27/h13-14,17,19,21-22,24-25H,4-12,15-16H2,1-3H3,(H,26,27)/t17-,19-,21-,22-/m1/s1. The van der Waals surface area contributed by atoms with Gasteiger partial charge in [0.05, 0.1) is 12.2 Å². The molecule has 0 spiro atoms. The molecule has 1 rings (SSSR count). The summed E-state index contributed by atoms with van der Waals surface area (Å²) in [4.78, 5) is 10.5. The Hall–Kier alpha value is -1.13. The maximum Gasteiger partial charge on any atom is 0.303 e. The molecule has 0 radical (unpaired) electrons. The zero-order valence-electron chi connectivity index (χ0n) is 17.5. The molecule has 0 saturated heterocycles. The molecule has 0 aromatic rings. The van der Waals surface area contributed by atoms with Crippen LogP contribution in [0.25, 0.3) is 0 Å². The van der Waals surface area contributed by atoms with Gasteiger partial charge in [-0.2, -0.15) is 0 Å². The molecule has 4 heteroatoms. The number of unbranched alkanes of at least 4 members (excludes halogenated alkanes) is 4. The molecular formula is C23H40O4. The van der Waals surface area contributed by atoms with Gasteiger partial charge in [-0.25, -0.2) is 0 Å². The quantitative estimate of drug-likeness (QED) is 0.284. The van der Waals surface area contributed by atoms with Crippen molar-refractivity contribution in [1.29, 1.82) is 0 Å². The van der Waals surface area contributed by atoms with Crippen LogP contribution in [0.5, 0.6) is 0 Å². The van der Waals surface area contributed by atoms with E-state index in [9.17, 15) is 15.0 Å². The number of carboxylic acids is 1. The number of aliphatic carboxylic acids is 1. The second-order valence-electron chi connectivity index (χ2n) is 8.35. The van der Waals surface area contributed by atoms with Gasteiger partial charge in [-0.1, -0.05) is 69.2 Å². The van der Waals surface area contributed by atoms with Gasteiger partial charge in [-0.05, 0) is 44.9 Å². The first-order valence-corrected chi connectivity index (χ1v) is 10.8. The van der Waals surface area contributed by atoms with Crippen LogP contribution >= 0.6 is 0 Å². The van der Waals surface area contributed by atoms with Gasteiger partial charge in [0.15, 0.2) is 0 Å². The molecule has 0 saturated carbocycles. The Kier molecular flexibility index (Phi) is 11.6. The molecule has 4 nitrogen and oxygen atoms in total. The molecule has 156 valence electrons. The zero-order valence-corrected chi connectivity index (χ0v) is 17.5. The van der Waals surface area contributed by atoms with E-state index in [1.54, 1.807) is 0 Å². The Morgan fingerprint density at radius 1 is 1.22 bits per heavy atom. The monoisotopic (exact) mass is 380 g/mol. The van der Waals surface area contributed by atoms with Crippen LogP contribution in [-0.4, -0.2) is 33.5 Å². The first kappa shape index (κ1) is 23.9. The van der Waals surface area contributed by atoms with Gasteiger partial charge < -0.3 is 15.3 Å². The maximum atomic E-state index is 10.5. The highest BCUT2D eigenvalue weighted by atomic mass is 16.4. The third kappa shape index (κ3) is 9.57. The normalized spacial score (nSPS) is 22.6. The zero-order chi connectivity index (χ0) is 20.2. The van der Waals surface area contributed by atoms with E-state index < -0.39 is 12.1 Å². The molecular weight excluding hydrogens is 340 g/mol. The third-order valence-electron chi connectivity index (χ3n) is 5.70. The average molecular weight is 381 g/mol. The van der Waals surface area contributed by atoms with E-state index in [1.165, 1.54) is 24.0 Å². The fourth-order valence-electron chi connectivity index (χ4n) is 4.07. The lowest BCUT2D eigenvalue weighted by molar-refractivity contribution is -0.137. The molecule has 4 atom stereocenters. The molecule has 1 aliphatic carbocycles. The van der Waals surface area contributed by atoms with Gasteiger partial charge in [-0.15, -0.1) is 0 Å². The molecule has 0 bridgehead atoms. The highest BCUT2D eigenvalue weighted by Crippen LogP contribution is 2.36. The summed E-state index contributed by atoms with van der Waals surface area (Å²) in [6.45, 7) is 6.48. The number of hydrogen-bond acceptors (Lipinski definition) is 3. The number of carboxylic acid groups (broad SMARTS) is 1. The summed E-state index contributed by atoms with van der Waals surface area (Å²) in [6.07, 6.45) is 13.0. The predicted molar refractivity (Wildman–Crippen MR) is 111 cm³/mol. The minimum absolute atomic E-state index is 0.0182. The van der Waals surface area contributed by atoms with E-state index >= 15 is 0 Å². The average Bonchev–Trinajstić information content (AvgIpc) is 2.87. The summed E-state index contributed by atoms with van der Waals surface area (Å²) >= 11 is 0. The van der Waals surface area contributed by atoms with Gasteiger partial charge in [-0.3, -0.25) is 4.79 Å². The van der Waals surface area contributed by atoms with E-state index in [2.05, 4.69) is 20.8 Å². The van der Waals surface area contributed by atoms with Crippen molar-refractivity contribution in [2.75, 3.05) is 0 Å². The molecule has 0 aliphatic heterocycles. The molecule has 0 fully saturated rings. The Bertz CT molecular complexity index is 495. The predicted octanol–water partition coefficient (Wildman–Crippen LogP) is 5.24. The van der Waals surface area contributed by atoms with Crippen molar-refractivity contribution in [3.63, 3.8) is 0 Å². The first-order chi connectivity index (χ1) is 12.8. The van der Waals surface area contributed by atoms with Crippen LogP contribution in [0.15, 0.2) is 23.3 Å². The highest BCUT2D eigenvalue weighted by Gasteiger charge is 2.29. The van der Waals surface area contributed by atoms with Gasteiger partial charge >= 0.3 is 5.97 Å². The van der Waals surface area contributed by atoms with Crippen molar-refractivity contribution in [2.45, 2.75) is 104 Å². The Morgan fingerprint density at radius 2 is 1.93 bits per heavy atom. The minimum atomic E-state index is -0.722. The van der Waals surface area contributed by atoms with Crippen LogP contribution in [0, 0.1) is 11.8 Å². The molecule has 27 heavy (non-hydrogen) atoms. The number of rotatable bonds is 14. The lowest BCUT2D eigenvalue weighted by atomic mass is 9.92. The lowest BCUT2D eigenvalue weighted by Gasteiger charge is -2.17. The van der Waals surface area contributed by atoms with Crippen molar-refractivity contribution < 1.29 is 20.1 Å². The molecule has 0 heterocycles. The fourth-order valence-corrected chi connectivity index (χ4v) is 4.07. The van der Waals surface area contributed by atoms with Crippen LogP contribution in [0.4, 0.5) is 0 Å². The SMILES string of the molecule is CCCC[C@@H](C)C[C@H](O)C=C[C@@H]1C(CCCCCCC(=O)O)=C(C)C[C@H]1O. The Labute approximate surface area is 165 Å². The summed E-state index contributed by atoms with van der Waals surface area (Å²) in [5.41, 5.74) is 2.58. The second kappa shape index (κ2) is 13.1. The topological polar surface area (TPSA) is 77.8 Å². The van der Waals surface area contributed by atoms with Crippen molar-refractivity contribution >= 4 is 5.97 Å². The summed E-state index contributed by atoms with van der Waals surface area (Å²) in [5.74, 6) is -0.189. The number of aliphatic hydroxyl groups is 2. The summed E-state index contributed by atoms with van der Waals surface area (Å²) in [6, 6.07) is 0. The van der Waals surface area contributed by atoms with Crippen molar-refractivity contribution in [2.24, 2.45) is 11.8 Å². The molecule has 0 amide bonds. The van der Waals surface area contributed by atoms with E-state index in [4.69, 9.17) is 5.11 Å². The van der Waals surface area contributed by atoms with Crippen LogP contribution in [0.3, 0.4) is 0 Å². The van der Waals surface area contributed by atoms with E-state index in [-0.39, 0.29) is 18.4 Å². The molecule has 3 N–H and O–H groups in total. The van der Waals surface area contributed by atoms with Gasteiger partial charge in [0, 0.05) is 12.3 Å². The smallest absolute Gasteiger partial charge is 0.303 e. The van der Waals surface area contributed by atoms with E-state index in [0.717, 1.165) is 44.9 Å². The second-order valence-corrected chi connectivity index (χ2v) is 8.35. The Balaban J connectivity index is 2.45. The van der Waals surface area contributed by atoms with E-state index in [0.29, 0.717) is 12.3 Å². The lowest BCUT2D eigenvalue weighted by Crippen LogP contribution is -2.16. The van der Waals surface area contributed by atoms with Crippen LogP contribution in [0.1, 0.15) is 91.4 Å². The minimum Gasteiger partial charge on any atom is -0.481 e. The fraction of sp³-hybridized carbons (Fsp3) is 0.783. The summed E-state index contributed by atoms with van der Waals surface area (Å²) in [5, 5.41) is 29.4. The largest absolute Gasteiger partial charge is 0.481 e. The molecule has 0 aromatic heterocycles. The van der Waals surface area contributed by atoms with Crippen LogP contribution in [0.2, 0.25) is 0 Å². The van der Waals surface area contributed by atoms with Gasteiger partial charge in [0.25, 0.3) is 0 Å². The molecule has 0 aromatic carbocycles. The highest BCUT2D eigenvalue weighted by molar-refractivity contribution is 5.66. The van der Waals surface area contributed by atoms with Crippen molar-refractivity contribution in [1.82, 2.24) is 0 Å². The van der Waals surface area contributed by atoms with Crippen LogP contribution in [-0.2, 0) is 4.79 Å². The number of hydrogen-bond donors (Lipinski definition) is 3.